The largest absolute Gasteiger partial charge is 0.417 e. The van der Waals surface area contributed by atoms with E-state index in [0.717, 1.165) is 23.2 Å². The second-order valence-corrected chi connectivity index (χ2v) is 8.13. The number of hydrogen-bond donors (Lipinski definition) is 1. The molecule has 0 aromatic heterocycles. The molecule has 2 atom stereocenters. The average Bonchev–Trinajstić information content (AvgIpc) is 2.84. The lowest BCUT2D eigenvalue weighted by Gasteiger charge is -2.25. The van der Waals surface area contributed by atoms with Gasteiger partial charge in [0.15, 0.2) is 0 Å². The Labute approximate surface area is 142 Å². The van der Waals surface area contributed by atoms with E-state index in [4.69, 9.17) is 0 Å². The minimum atomic E-state index is -5.02. The molecular formula is C14H16F3N3O4S. The van der Waals surface area contributed by atoms with Crippen LogP contribution in [0.1, 0.15) is 24.8 Å². The van der Waals surface area contributed by atoms with Gasteiger partial charge in [0.05, 0.1) is 15.4 Å². The lowest BCUT2D eigenvalue weighted by molar-refractivity contribution is -0.385. The average molecular weight is 379 g/mol. The van der Waals surface area contributed by atoms with Crippen molar-refractivity contribution in [1.82, 2.24) is 9.62 Å². The summed E-state index contributed by atoms with van der Waals surface area (Å²) < 4.78 is 66.5. The zero-order chi connectivity index (χ0) is 18.4. The number of non-ortho nitro benzene ring substituents is 1. The van der Waals surface area contributed by atoms with Crippen LogP contribution in [0.2, 0.25) is 0 Å². The van der Waals surface area contributed by atoms with Crippen LogP contribution in [0, 0.1) is 10.1 Å². The number of alkyl halides is 3. The van der Waals surface area contributed by atoms with Gasteiger partial charge in [0.25, 0.3) is 5.69 Å². The highest BCUT2D eigenvalue weighted by atomic mass is 32.2. The molecular weight excluding hydrogens is 363 g/mol. The Bertz CT molecular complexity index is 797. The zero-order valence-corrected chi connectivity index (χ0v) is 13.8. The van der Waals surface area contributed by atoms with Crippen molar-refractivity contribution in [3.63, 3.8) is 0 Å². The van der Waals surface area contributed by atoms with Crippen LogP contribution < -0.4 is 5.32 Å². The summed E-state index contributed by atoms with van der Waals surface area (Å²) >= 11 is 0. The Balaban J connectivity index is 2.03. The fourth-order valence-corrected chi connectivity index (χ4v) is 5.04. The highest BCUT2D eigenvalue weighted by molar-refractivity contribution is 7.89. The highest BCUT2D eigenvalue weighted by Gasteiger charge is 2.42. The van der Waals surface area contributed by atoms with Crippen molar-refractivity contribution in [1.29, 1.82) is 0 Å². The molecule has 0 aliphatic carbocycles. The van der Waals surface area contributed by atoms with Gasteiger partial charge in [-0.15, -0.1) is 0 Å². The highest BCUT2D eigenvalue weighted by Crippen LogP contribution is 2.38. The number of benzene rings is 1. The van der Waals surface area contributed by atoms with Crippen LogP contribution in [0.15, 0.2) is 23.1 Å². The maximum atomic E-state index is 13.3. The second kappa shape index (κ2) is 6.22. The third kappa shape index (κ3) is 3.48. The molecule has 2 aliphatic rings. The summed E-state index contributed by atoms with van der Waals surface area (Å²) in [4.78, 5) is 8.82. The molecule has 2 heterocycles. The predicted octanol–water partition coefficient (Wildman–Crippen LogP) is 2.13. The Morgan fingerprint density at radius 3 is 2.52 bits per heavy atom. The van der Waals surface area contributed by atoms with Crippen LogP contribution in [0.25, 0.3) is 0 Å². The van der Waals surface area contributed by atoms with E-state index in [1.54, 1.807) is 0 Å². The minimum Gasteiger partial charge on any atom is -0.310 e. The molecule has 2 bridgehead atoms. The van der Waals surface area contributed by atoms with Crippen molar-refractivity contribution in [2.45, 2.75) is 42.4 Å². The van der Waals surface area contributed by atoms with Crippen molar-refractivity contribution in [3.8, 4) is 0 Å². The Morgan fingerprint density at radius 2 is 1.88 bits per heavy atom. The maximum Gasteiger partial charge on any atom is 0.417 e. The first-order valence-corrected chi connectivity index (χ1v) is 9.15. The van der Waals surface area contributed by atoms with E-state index < -0.39 is 37.3 Å². The SMILES string of the molecule is O=[N+]([O-])c1ccc(S(=O)(=O)N2CCC3CCC(C2)N3)c(C(F)(F)F)c1. The Kier molecular flexibility index (Phi) is 4.50. The molecule has 0 amide bonds. The molecule has 2 unspecified atom stereocenters. The van der Waals surface area contributed by atoms with Crippen LogP contribution in [0.5, 0.6) is 0 Å². The number of sulfonamides is 1. The molecule has 1 aromatic carbocycles. The lowest BCUT2D eigenvalue weighted by Crippen LogP contribution is -2.39. The van der Waals surface area contributed by atoms with Gasteiger partial charge in [-0.05, 0) is 25.3 Å². The quantitative estimate of drug-likeness (QED) is 0.642. The van der Waals surface area contributed by atoms with Crippen molar-refractivity contribution >= 4 is 15.7 Å². The normalized spacial score (nSPS) is 24.9. The molecule has 1 aromatic rings. The van der Waals surface area contributed by atoms with Gasteiger partial charge >= 0.3 is 6.18 Å². The fourth-order valence-electron chi connectivity index (χ4n) is 3.35. The summed E-state index contributed by atoms with van der Waals surface area (Å²) in [6, 6.07) is 1.81. The summed E-state index contributed by atoms with van der Waals surface area (Å²) in [6.45, 7) is 0.206. The number of nitrogens with one attached hydrogen (secondary N) is 1. The first-order valence-electron chi connectivity index (χ1n) is 7.71. The summed E-state index contributed by atoms with van der Waals surface area (Å²) in [5.41, 5.74) is -2.31. The van der Waals surface area contributed by atoms with Gasteiger partial charge in [-0.2, -0.15) is 17.5 Å². The maximum absolute atomic E-state index is 13.3. The summed E-state index contributed by atoms with van der Waals surface area (Å²) in [6.07, 6.45) is -2.81. The molecule has 3 rings (SSSR count). The van der Waals surface area contributed by atoms with Crippen molar-refractivity contribution < 1.29 is 26.5 Å². The number of nitrogens with zero attached hydrogens (tertiary/aromatic N) is 2. The van der Waals surface area contributed by atoms with E-state index in [0.29, 0.717) is 12.5 Å². The summed E-state index contributed by atoms with van der Waals surface area (Å²) in [5.74, 6) is 0. The van der Waals surface area contributed by atoms with E-state index in [2.05, 4.69) is 5.32 Å². The van der Waals surface area contributed by atoms with Crippen LogP contribution >= 0.6 is 0 Å². The molecule has 2 saturated heterocycles. The van der Waals surface area contributed by atoms with Crippen LogP contribution in [0.4, 0.5) is 18.9 Å². The second-order valence-electron chi connectivity index (χ2n) is 6.22. The summed E-state index contributed by atoms with van der Waals surface area (Å²) in [5, 5.41) is 14.0. The van der Waals surface area contributed by atoms with Crippen molar-refractivity contribution in [3.05, 3.63) is 33.9 Å². The number of nitro benzene ring substituents is 1. The minimum absolute atomic E-state index is 0.0883. The van der Waals surface area contributed by atoms with E-state index >= 15 is 0 Å². The van der Waals surface area contributed by atoms with Gasteiger partial charge in [-0.25, -0.2) is 8.42 Å². The van der Waals surface area contributed by atoms with Crippen LogP contribution in [0.3, 0.4) is 0 Å². The fraction of sp³-hybridized carbons (Fsp3) is 0.571. The van der Waals surface area contributed by atoms with Gasteiger partial charge in [0, 0.05) is 37.3 Å². The molecule has 25 heavy (non-hydrogen) atoms. The van der Waals surface area contributed by atoms with Crippen molar-refractivity contribution in [2.75, 3.05) is 13.1 Å². The smallest absolute Gasteiger partial charge is 0.310 e. The van der Waals surface area contributed by atoms with Crippen LogP contribution in [-0.2, 0) is 16.2 Å². The van der Waals surface area contributed by atoms with E-state index in [9.17, 15) is 31.7 Å². The van der Waals surface area contributed by atoms with Gasteiger partial charge in [0.1, 0.15) is 0 Å². The third-order valence-electron chi connectivity index (χ3n) is 4.58. The molecule has 0 radical (unpaired) electrons. The molecule has 11 heteroatoms. The predicted molar refractivity (Wildman–Crippen MR) is 81.4 cm³/mol. The third-order valence-corrected chi connectivity index (χ3v) is 6.51. The Morgan fingerprint density at radius 1 is 1.20 bits per heavy atom. The molecule has 1 N–H and O–H groups in total. The van der Waals surface area contributed by atoms with Crippen molar-refractivity contribution in [2.24, 2.45) is 0 Å². The Hall–Kier alpha value is -1.72. The standard InChI is InChI=1S/C14H16F3N3O4S/c15-14(16,17)12-7-11(20(21)22)3-4-13(12)25(23,24)19-6-5-9-1-2-10(8-19)18-9/h3-4,7,9-10,18H,1-2,5-6,8H2. The molecule has 0 spiro atoms. The van der Waals surface area contributed by atoms with Gasteiger partial charge < -0.3 is 5.32 Å². The first-order chi connectivity index (χ1) is 11.6. The topological polar surface area (TPSA) is 92.5 Å². The number of nitro groups is 1. The molecule has 138 valence electrons. The van der Waals surface area contributed by atoms with Crippen LogP contribution in [-0.4, -0.2) is 42.8 Å². The first kappa shape index (κ1) is 18.1. The van der Waals surface area contributed by atoms with E-state index in [1.807, 2.05) is 0 Å². The van der Waals surface area contributed by atoms with Gasteiger partial charge in [-0.1, -0.05) is 0 Å². The zero-order valence-electron chi connectivity index (χ0n) is 13.0. The lowest BCUT2D eigenvalue weighted by atomic mass is 10.1. The monoisotopic (exact) mass is 379 g/mol. The molecule has 2 aliphatic heterocycles. The van der Waals surface area contributed by atoms with E-state index in [-0.39, 0.29) is 31.2 Å². The molecule has 2 fully saturated rings. The van der Waals surface area contributed by atoms with Gasteiger partial charge in [0.2, 0.25) is 10.0 Å². The van der Waals surface area contributed by atoms with E-state index in [1.165, 1.54) is 0 Å². The number of rotatable bonds is 3. The molecule has 7 nitrogen and oxygen atoms in total. The number of hydrogen-bond acceptors (Lipinski definition) is 5. The number of halogens is 3. The molecule has 0 saturated carbocycles. The summed E-state index contributed by atoms with van der Waals surface area (Å²) in [7, 11) is -4.41. The van der Waals surface area contributed by atoms with Gasteiger partial charge in [-0.3, -0.25) is 10.1 Å². The number of fused-ring (bicyclic) bond motifs is 2.